The summed E-state index contributed by atoms with van der Waals surface area (Å²) >= 11 is 0. The fraction of sp³-hybridized carbons (Fsp3) is 0.321. The number of aromatic nitrogens is 3. The zero-order valence-corrected chi connectivity index (χ0v) is 20.9. The van der Waals surface area contributed by atoms with Crippen LogP contribution in [-0.4, -0.2) is 37.6 Å². The molecule has 9 heteroatoms. The zero-order chi connectivity index (χ0) is 26.3. The molecule has 0 radical (unpaired) electrons. The second-order valence-corrected chi connectivity index (χ2v) is 10.2. The van der Waals surface area contributed by atoms with E-state index < -0.39 is 17.2 Å². The second kappa shape index (κ2) is 9.55. The van der Waals surface area contributed by atoms with Crippen molar-refractivity contribution >= 4 is 17.1 Å². The number of nitrogens with one attached hydrogen (secondary N) is 1. The number of ether oxygens (including phenoxy) is 1. The highest BCUT2D eigenvalue weighted by molar-refractivity contribution is 5.98. The number of ketones is 1. The summed E-state index contributed by atoms with van der Waals surface area (Å²) < 4.78 is 35.2. The first-order valence-electron chi connectivity index (χ1n) is 12.2. The van der Waals surface area contributed by atoms with Gasteiger partial charge in [-0.15, -0.1) is 5.10 Å². The molecule has 1 aliphatic rings. The van der Waals surface area contributed by atoms with Gasteiger partial charge in [0.15, 0.2) is 23.0 Å². The molecule has 4 aromatic rings. The average Bonchev–Trinajstić information content (AvgIpc) is 3.55. The fourth-order valence-electron chi connectivity index (χ4n) is 4.14. The van der Waals surface area contributed by atoms with Gasteiger partial charge in [0, 0.05) is 30.2 Å². The molecule has 0 unspecified atom stereocenters. The first-order chi connectivity index (χ1) is 17.6. The van der Waals surface area contributed by atoms with E-state index in [1.54, 1.807) is 24.6 Å². The van der Waals surface area contributed by atoms with E-state index in [9.17, 15) is 18.7 Å². The van der Waals surface area contributed by atoms with E-state index in [1.165, 1.54) is 18.2 Å². The number of aryl methyl sites for hydroxylation is 1. The Bertz CT molecular complexity index is 1490. The first-order valence-corrected chi connectivity index (χ1v) is 12.2. The van der Waals surface area contributed by atoms with E-state index in [4.69, 9.17) is 4.74 Å². The average molecular weight is 507 g/mol. The topological polar surface area (TPSA) is 88.8 Å². The number of nitrogens with zero attached hydrogens (tertiary/aromatic N) is 3. The quantitative estimate of drug-likeness (QED) is 0.273. The van der Waals surface area contributed by atoms with Crippen molar-refractivity contribution in [1.29, 1.82) is 0 Å². The molecule has 0 saturated heterocycles. The van der Waals surface area contributed by atoms with E-state index in [0.717, 1.165) is 30.0 Å². The smallest absolute Gasteiger partial charge is 0.239 e. The van der Waals surface area contributed by atoms with Crippen LogP contribution >= 0.6 is 0 Å². The highest BCUT2D eigenvalue weighted by Gasteiger charge is 2.26. The molecule has 2 aromatic carbocycles. The maximum Gasteiger partial charge on any atom is 0.239 e. The minimum Gasteiger partial charge on any atom is -0.434 e. The van der Waals surface area contributed by atoms with Crippen LogP contribution in [0, 0.1) is 24.5 Å². The maximum atomic E-state index is 14.3. The number of Topliss-reactive ketones (excluding diaryl/α,β-unsaturated/α-hetero) is 1. The number of halogens is 2. The number of anilines is 1. The second-order valence-electron chi connectivity index (χ2n) is 10.2. The summed E-state index contributed by atoms with van der Waals surface area (Å²) in [7, 11) is 0. The highest BCUT2D eigenvalue weighted by atomic mass is 19.2. The van der Waals surface area contributed by atoms with Gasteiger partial charge in [-0.05, 0) is 63.3 Å². The third-order valence-corrected chi connectivity index (χ3v) is 6.28. The number of carbonyl (C=O) groups excluding carboxylic acids is 1. The van der Waals surface area contributed by atoms with Gasteiger partial charge in [0.2, 0.25) is 11.7 Å². The molecule has 1 saturated carbocycles. The van der Waals surface area contributed by atoms with Crippen molar-refractivity contribution in [2.24, 2.45) is 5.92 Å². The van der Waals surface area contributed by atoms with Crippen molar-refractivity contribution in [3.63, 3.8) is 0 Å². The van der Waals surface area contributed by atoms with Gasteiger partial charge in [0.1, 0.15) is 0 Å². The Morgan fingerprint density at radius 3 is 2.70 bits per heavy atom. The summed E-state index contributed by atoms with van der Waals surface area (Å²) in [4.78, 5) is 17.2. The van der Waals surface area contributed by atoms with Crippen molar-refractivity contribution in [3.8, 4) is 22.9 Å². The Morgan fingerprint density at radius 1 is 1.22 bits per heavy atom. The molecule has 2 heterocycles. The molecule has 1 fully saturated rings. The summed E-state index contributed by atoms with van der Waals surface area (Å²) in [6.07, 6.45) is 4.45. The largest absolute Gasteiger partial charge is 0.434 e. The van der Waals surface area contributed by atoms with Gasteiger partial charge in [-0.3, -0.25) is 4.79 Å². The lowest BCUT2D eigenvalue weighted by Gasteiger charge is -2.19. The summed E-state index contributed by atoms with van der Waals surface area (Å²) in [5.74, 6) is -1.81. The Hall–Kier alpha value is -3.85. The molecule has 0 spiro atoms. The van der Waals surface area contributed by atoms with E-state index in [-0.39, 0.29) is 24.0 Å². The van der Waals surface area contributed by atoms with E-state index in [0.29, 0.717) is 34.9 Å². The highest BCUT2D eigenvalue weighted by Crippen LogP contribution is 2.35. The number of fused-ring (bicyclic) bond motifs is 1. The first kappa shape index (κ1) is 24.8. The molecule has 5 rings (SSSR count). The number of hydrogen-bond donors (Lipinski definition) is 2. The van der Waals surface area contributed by atoms with E-state index in [1.807, 2.05) is 25.1 Å². The molecule has 0 atom stereocenters. The lowest BCUT2D eigenvalue weighted by molar-refractivity contribution is 0.0943. The van der Waals surface area contributed by atoms with Gasteiger partial charge in [0.25, 0.3) is 0 Å². The third kappa shape index (κ3) is 5.46. The number of benzene rings is 2. The van der Waals surface area contributed by atoms with Gasteiger partial charge in [-0.1, -0.05) is 18.2 Å². The van der Waals surface area contributed by atoms with Crippen LogP contribution in [0.2, 0.25) is 0 Å². The minimum absolute atomic E-state index is 0.00227. The van der Waals surface area contributed by atoms with Gasteiger partial charge in [-0.2, -0.15) is 4.39 Å². The Morgan fingerprint density at radius 2 is 2.00 bits per heavy atom. The van der Waals surface area contributed by atoms with Crippen molar-refractivity contribution < 1.29 is 23.4 Å². The molecule has 37 heavy (non-hydrogen) atoms. The molecular weight excluding hydrogens is 478 g/mol. The van der Waals surface area contributed by atoms with Gasteiger partial charge in [0.05, 0.1) is 23.2 Å². The van der Waals surface area contributed by atoms with Crippen LogP contribution in [0.3, 0.4) is 0 Å². The number of aliphatic hydroxyl groups is 1. The molecular formula is C28H28F2N4O3. The van der Waals surface area contributed by atoms with Gasteiger partial charge in [-0.25, -0.2) is 13.9 Å². The summed E-state index contributed by atoms with van der Waals surface area (Å²) in [5.41, 5.74) is 2.88. The summed E-state index contributed by atoms with van der Waals surface area (Å²) in [6, 6.07) is 10.8. The predicted molar refractivity (Wildman–Crippen MR) is 136 cm³/mol. The number of hydrogen-bond acceptors (Lipinski definition) is 6. The predicted octanol–water partition coefficient (Wildman–Crippen LogP) is 5.94. The fourth-order valence-corrected chi connectivity index (χ4v) is 4.14. The number of carbonyl (C=O) groups is 1. The van der Waals surface area contributed by atoms with Crippen molar-refractivity contribution in [1.82, 2.24) is 14.6 Å². The molecule has 0 amide bonds. The zero-order valence-electron chi connectivity index (χ0n) is 20.9. The van der Waals surface area contributed by atoms with Gasteiger partial charge >= 0.3 is 0 Å². The lowest BCUT2D eigenvalue weighted by atomic mass is 9.98. The molecule has 0 aliphatic heterocycles. The van der Waals surface area contributed by atoms with Crippen LogP contribution in [0.5, 0.6) is 11.6 Å². The lowest BCUT2D eigenvalue weighted by Crippen LogP contribution is -2.29. The molecule has 1 aliphatic carbocycles. The van der Waals surface area contributed by atoms with Crippen LogP contribution in [0.15, 0.2) is 48.7 Å². The molecule has 0 bridgehead atoms. The number of rotatable bonds is 9. The van der Waals surface area contributed by atoms with Crippen LogP contribution in [-0.2, 0) is 0 Å². The molecule has 7 nitrogen and oxygen atoms in total. The van der Waals surface area contributed by atoms with E-state index >= 15 is 0 Å². The van der Waals surface area contributed by atoms with Crippen LogP contribution in [0.4, 0.5) is 14.5 Å². The van der Waals surface area contributed by atoms with Crippen LogP contribution < -0.4 is 10.1 Å². The Labute approximate surface area is 213 Å². The minimum atomic E-state index is -1.12. The van der Waals surface area contributed by atoms with E-state index in [2.05, 4.69) is 15.4 Å². The van der Waals surface area contributed by atoms with Crippen molar-refractivity contribution in [2.75, 3.05) is 11.9 Å². The summed E-state index contributed by atoms with van der Waals surface area (Å²) in [6.45, 7) is 5.41. The van der Waals surface area contributed by atoms with Crippen LogP contribution in [0.25, 0.3) is 16.9 Å². The number of imidazole rings is 1. The summed E-state index contributed by atoms with van der Waals surface area (Å²) in [5, 5.41) is 17.8. The molecule has 2 N–H and O–H groups in total. The Balaban J connectivity index is 1.55. The monoisotopic (exact) mass is 506 g/mol. The van der Waals surface area contributed by atoms with Crippen molar-refractivity contribution in [3.05, 3.63) is 71.4 Å². The maximum absolute atomic E-state index is 14.3. The third-order valence-electron chi connectivity index (χ3n) is 6.28. The molecule has 192 valence electrons. The van der Waals surface area contributed by atoms with Crippen molar-refractivity contribution in [2.45, 2.75) is 45.6 Å². The SMILES string of the molecule is Cc1cc(-c2cnc3c(NCC(C)(C)O)cc(Oc4cccc(F)c4F)nn23)ccc1C(=O)CC1CC1. The Kier molecular flexibility index (Phi) is 6.41. The van der Waals surface area contributed by atoms with Crippen LogP contribution in [0.1, 0.15) is 49.0 Å². The normalized spacial score (nSPS) is 13.7. The van der Waals surface area contributed by atoms with Gasteiger partial charge < -0.3 is 15.2 Å². The standard InChI is InChI=1S/C28H28F2N4O3/c1-16-11-18(9-10-19(16)23(35)12-17-7-8-17)22-14-31-27-21(32-15-28(2,3)36)13-25(33-34(22)27)37-24-6-4-5-20(29)26(24)30/h4-6,9-11,13-14,17,32,36H,7-8,12,15H2,1-3H3. The molecule has 2 aromatic heterocycles.